The predicted molar refractivity (Wildman–Crippen MR) is 85.4 cm³/mol. The summed E-state index contributed by atoms with van der Waals surface area (Å²) in [5.74, 6) is 0. The number of benzene rings is 1. The molecular formula is C16H21N3S. The maximum atomic E-state index is 4.88. The first kappa shape index (κ1) is 13.6. The first-order valence-corrected chi connectivity index (χ1v) is 8.01. The molecule has 1 unspecified atom stereocenters. The van der Waals surface area contributed by atoms with Crippen molar-refractivity contribution in [3.8, 4) is 0 Å². The maximum absolute atomic E-state index is 4.88. The molecule has 0 saturated carbocycles. The van der Waals surface area contributed by atoms with Crippen LogP contribution in [0.3, 0.4) is 0 Å². The van der Waals surface area contributed by atoms with Crippen molar-refractivity contribution < 1.29 is 0 Å². The van der Waals surface area contributed by atoms with E-state index in [1.165, 1.54) is 35.4 Å². The molecule has 0 saturated heterocycles. The van der Waals surface area contributed by atoms with E-state index in [-0.39, 0.29) is 0 Å². The Balaban J connectivity index is 1.79. The largest absolute Gasteiger partial charge is 0.347 e. The van der Waals surface area contributed by atoms with Crippen molar-refractivity contribution in [2.24, 2.45) is 0 Å². The lowest BCUT2D eigenvalue weighted by molar-refractivity contribution is 0.490. The Kier molecular flexibility index (Phi) is 4.03. The molecule has 1 aromatic heterocycles. The average Bonchev–Trinajstić information content (AvgIpc) is 2.92. The Morgan fingerprint density at radius 2 is 2.15 bits per heavy atom. The molecule has 0 fully saturated rings. The van der Waals surface area contributed by atoms with Crippen LogP contribution in [0.25, 0.3) is 0 Å². The van der Waals surface area contributed by atoms with Crippen LogP contribution in [0.2, 0.25) is 0 Å². The van der Waals surface area contributed by atoms with E-state index in [4.69, 9.17) is 4.98 Å². The highest BCUT2D eigenvalue weighted by Crippen LogP contribution is 2.36. The summed E-state index contributed by atoms with van der Waals surface area (Å²) in [7, 11) is 4.16. The highest BCUT2D eigenvalue weighted by Gasteiger charge is 2.24. The Labute approximate surface area is 124 Å². The zero-order chi connectivity index (χ0) is 13.9. The molecule has 0 amide bonds. The molecule has 3 rings (SSSR count). The number of aryl methyl sites for hydroxylation is 1. The van der Waals surface area contributed by atoms with Crippen LogP contribution < -0.4 is 10.2 Å². The summed E-state index contributed by atoms with van der Waals surface area (Å²) in [6.45, 7) is 0.914. The molecule has 0 aliphatic heterocycles. The molecule has 0 bridgehead atoms. The summed E-state index contributed by atoms with van der Waals surface area (Å²) in [5.41, 5.74) is 2.60. The number of rotatable bonds is 4. The highest BCUT2D eigenvalue weighted by molar-refractivity contribution is 7.15. The molecular weight excluding hydrogens is 266 g/mol. The second kappa shape index (κ2) is 5.94. The smallest absolute Gasteiger partial charge is 0.185 e. The van der Waals surface area contributed by atoms with E-state index < -0.39 is 0 Å². The summed E-state index contributed by atoms with van der Waals surface area (Å²) in [4.78, 5) is 8.60. The van der Waals surface area contributed by atoms with Crippen LogP contribution in [0, 0.1) is 0 Å². The summed E-state index contributed by atoms with van der Waals surface area (Å²) >= 11 is 1.86. The number of hydrogen-bond acceptors (Lipinski definition) is 4. The molecule has 3 nitrogen and oxygen atoms in total. The van der Waals surface area contributed by atoms with E-state index in [1.807, 2.05) is 18.4 Å². The van der Waals surface area contributed by atoms with E-state index in [0.717, 1.165) is 11.7 Å². The van der Waals surface area contributed by atoms with Gasteiger partial charge in [-0.3, -0.25) is 0 Å². The number of anilines is 1. The van der Waals surface area contributed by atoms with Gasteiger partial charge in [0.25, 0.3) is 0 Å². The van der Waals surface area contributed by atoms with E-state index in [0.29, 0.717) is 6.04 Å². The summed E-state index contributed by atoms with van der Waals surface area (Å²) in [6.07, 6.45) is 3.65. The standard InChI is InChI=1S/C16H21N3S/c1-17-13-9-6-10-14-15(13)18-16(20-14)19(2)11-12-7-4-3-5-8-12/h3-5,7-8,13,17H,6,9-11H2,1-2H3. The number of fused-ring (bicyclic) bond motifs is 1. The summed E-state index contributed by atoms with van der Waals surface area (Å²) in [6, 6.07) is 11.0. The predicted octanol–water partition coefficient (Wildman–Crippen LogP) is 3.38. The van der Waals surface area contributed by atoms with E-state index in [9.17, 15) is 0 Å². The highest BCUT2D eigenvalue weighted by atomic mass is 32.1. The van der Waals surface area contributed by atoms with Gasteiger partial charge in [0.15, 0.2) is 5.13 Å². The van der Waals surface area contributed by atoms with Crippen molar-refractivity contribution in [1.29, 1.82) is 0 Å². The molecule has 1 N–H and O–H groups in total. The SMILES string of the molecule is CNC1CCCc2sc(N(C)Cc3ccccc3)nc21. The van der Waals surface area contributed by atoms with Gasteiger partial charge in [-0.15, -0.1) is 11.3 Å². The van der Waals surface area contributed by atoms with Crippen molar-refractivity contribution in [2.75, 3.05) is 19.0 Å². The summed E-state index contributed by atoms with van der Waals surface area (Å²) < 4.78 is 0. The van der Waals surface area contributed by atoms with E-state index in [1.54, 1.807) is 0 Å². The molecule has 1 aliphatic rings. The Morgan fingerprint density at radius 1 is 1.35 bits per heavy atom. The van der Waals surface area contributed by atoms with Gasteiger partial charge < -0.3 is 10.2 Å². The Morgan fingerprint density at radius 3 is 2.90 bits per heavy atom. The molecule has 1 atom stereocenters. The van der Waals surface area contributed by atoms with Crippen LogP contribution in [0.15, 0.2) is 30.3 Å². The van der Waals surface area contributed by atoms with Crippen LogP contribution in [-0.2, 0) is 13.0 Å². The third kappa shape index (κ3) is 2.72. The van der Waals surface area contributed by atoms with Gasteiger partial charge in [-0.1, -0.05) is 30.3 Å². The Hall–Kier alpha value is -1.39. The van der Waals surface area contributed by atoms with Crippen molar-refractivity contribution in [3.05, 3.63) is 46.5 Å². The number of nitrogens with zero attached hydrogens (tertiary/aromatic N) is 2. The minimum Gasteiger partial charge on any atom is -0.347 e. The second-order valence-corrected chi connectivity index (χ2v) is 6.44. The van der Waals surface area contributed by atoms with Crippen LogP contribution in [0.4, 0.5) is 5.13 Å². The molecule has 0 radical (unpaired) electrons. The van der Waals surface area contributed by atoms with Gasteiger partial charge in [0.2, 0.25) is 0 Å². The molecule has 2 aromatic rings. The van der Waals surface area contributed by atoms with Gasteiger partial charge in [-0.05, 0) is 31.9 Å². The number of thiazole rings is 1. The molecule has 0 spiro atoms. The van der Waals surface area contributed by atoms with Gasteiger partial charge in [-0.25, -0.2) is 4.98 Å². The average molecular weight is 287 g/mol. The lowest BCUT2D eigenvalue weighted by atomic mass is 9.98. The normalized spacial score (nSPS) is 17.8. The molecule has 1 aliphatic carbocycles. The molecule has 106 valence electrons. The summed E-state index contributed by atoms with van der Waals surface area (Å²) in [5, 5.41) is 4.53. The molecule has 1 heterocycles. The lowest BCUT2D eigenvalue weighted by Crippen LogP contribution is -2.21. The topological polar surface area (TPSA) is 28.2 Å². The second-order valence-electron chi connectivity index (χ2n) is 5.38. The van der Waals surface area contributed by atoms with Crippen LogP contribution >= 0.6 is 11.3 Å². The van der Waals surface area contributed by atoms with Gasteiger partial charge in [0, 0.05) is 18.5 Å². The Bertz CT molecular complexity index is 564. The zero-order valence-corrected chi connectivity index (χ0v) is 12.9. The van der Waals surface area contributed by atoms with Crippen molar-refractivity contribution >= 4 is 16.5 Å². The number of hydrogen-bond donors (Lipinski definition) is 1. The van der Waals surface area contributed by atoms with Gasteiger partial charge >= 0.3 is 0 Å². The van der Waals surface area contributed by atoms with Crippen LogP contribution in [0.1, 0.15) is 35.0 Å². The van der Waals surface area contributed by atoms with Crippen molar-refractivity contribution in [1.82, 2.24) is 10.3 Å². The maximum Gasteiger partial charge on any atom is 0.185 e. The molecule has 1 aromatic carbocycles. The van der Waals surface area contributed by atoms with E-state index in [2.05, 4.69) is 47.6 Å². The fourth-order valence-corrected chi connectivity index (χ4v) is 3.90. The van der Waals surface area contributed by atoms with Crippen molar-refractivity contribution in [2.45, 2.75) is 31.8 Å². The monoisotopic (exact) mass is 287 g/mol. The van der Waals surface area contributed by atoms with Crippen LogP contribution in [0.5, 0.6) is 0 Å². The fourth-order valence-electron chi connectivity index (χ4n) is 2.77. The van der Waals surface area contributed by atoms with Crippen molar-refractivity contribution in [3.63, 3.8) is 0 Å². The zero-order valence-electron chi connectivity index (χ0n) is 12.1. The van der Waals surface area contributed by atoms with E-state index >= 15 is 0 Å². The lowest BCUT2D eigenvalue weighted by Gasteiger charge is -2.20. The fraction of sp³-hybridized carbons (Fsp3) is 0.438. The molecule has 20 heavy (non-hydrogen) atoms. The van der Waals surface area contributed by atoms with Crippen LogP contribution in [-0.4, -0.2) is 19.1 Å². The minimum absolute atomic E-state index is 0.439. The number of nitrogens with one attached hydrogen (secondary N) is 1. The van der Waals surface area contributed by atoms with Gasteiger partial charge in [0.1, 0.15) is 0 Å². The first-order chi connectivity index (χ1) is 9.78. The third-order valence-corrected chi connectivity index (χ3v) is 5.13. The number of aromatic nitrogens is 1. The minimum atomic E-state index is 0.439. The van der Waals surface area contributed by atoms with Gasteiger partial charge in [-0.2, -0.15) is 0 Å². The van der Waals surface area contributed by atoms with Gasteiger partial charge in [0.05, 0.1) is 11.7 Å². The first-order valence-electron chi connectivity index (χ1n) is 7.20. The quantitative estimate of drug-likeness (QED) is 0.934. The third-order valence-electron chi connectivity index (χ3n) is 3.88. The molecule has 4 heteroatoms.